The largest absolute Gasteiger partial charge is 0.476 e. The molecule has 2 nitrogen and oxygen atoms in total. The molecule has 46 valence electrons. The highest BCUT2D eigenvalue weighted by atomic mass is 35.5. The van der Waals surface area contributed by atoms with Crippen molar-refractivity contribution < 1.29 is 14.3 Å². The molecule has 0 aromatic heterocycles. The molecule has 1 N–H and O–H groups in total. The summed E-state index contributed by atoms with van der Waals surface area (Å²) in [7, 11) is 0. The Kier molecular flexibility index (Phi) is 2.79. The van der Waals surface area contributed by atoms with Gasteiger partial charge in [0.15, 0.2) is 0 Å². The number of hydrogen-bond acceptors (Lipinski definition) is 1. The van der Waals surface area contributed by atoms with Gasteiger partial charge in [-0.05, 0) is 0 Å². The average Bonchev–Trinajstić information content (AvgIpc) is 1.64. The molecule has 0 aliphatic carbocycles. The van der Waals surface area contributed by atoms with Gasteiger partial charge in [0.25, 0.3) is 0 Å². The number of carboxylic acid groups (broad SMARTS) is 1. The van der Waals surface area contributed by atoms with E-state index >= 15 is 0 Å². The summed E-state index contributed by atoms with van der Waals surface area (Å²) in [5.41, 5.74) is 0. The zero-order valence-corrected chi connectivity index (χ0v) is 5.00. The van der Waals surface area contributed by atoms with Gasteiger partial charge in [0.1, 0.15) is 4.49 Å². The van der Waals surface area contributed by atoms with E-state index in [0.717, 1.165) is 0 Å². The summed E-state index contributed by atoms with van der Waals surface area (Å²) < 4.78 is 10.8. The van der Waals surface area contributed by atoms with Crippen LogP contribution in [0.2, 0.25) is 0 Å². The standard InChI is InChI=1S/C3HCl2FO2/c4-2(5)1(6)3(7)8/h(H,7,8). The molecule has 0 saturated carbocycles. The topological polar surface area (TPSA) is 37.3 Å². The molecule has 0 bridgehead atoms. The third-order valence-corrected chi connectivity index (χ3v) is 0.686. The van der Waals surface area contributed by atoms with Crippen LogP contribution in [0.15, 0.2) is 10.3 Å². The van der Waals surface area contributed by atoms with Gasteiger partial charge in [-0.1, -0.05) is 23.2 Å². The van der Waals surface area contributed by atoms with Gasteiger partial charge in [-0.25, -0.2) is 4.79 Å². The predicted octanol–water partition coefficient (Wildman–Crippen LogP) is 1.69. The molecular weight excluding hydrogens is 158 g/mol. The summed E-state index contributed by atoms with van der Waals surface area (Å²) >= 11 is 9.42. The van der Waals surface area contributed by atoms with E-state index in [1.807, 2.05) is 0 Å². The summed E-state index contributed by atoms with van der Waals surface area (Å²) in [6.45, 7) is 0. The second kappa shape index (κ2) is 2.89. The smallest absolute Gasteiger partial charge is 0.367 e. The third kappa shape index (κ3) is 2.14. The predicted molar refractivity (Wildman–Crippen MR) is 27.5 cm³/mol. The number of hydrogen-bond donors (Lipinski definition) is 1. The Morgan fingerprint density at radius 2 is 1.88 bits per heavy atom. The van der Waals surface area contributed by atoms with Crippen LogP contribution in [0.4, 0.5) is 4.39 Å². The van der Waals surface area contributed by atoms with E-state index in [4.69, 9.17) is 28.3 Å². The van der Waals surface area contributed by atoms with E-state index in [1.165, 1.54) is 0 Å². The second-order valence-electron chi connectivity index (χ2n) is 0.880. The molecule has 0 amide bonds. The Balaban J connectivity index is 4.23. The zero-order valence-electron chi connectivity index (χ0n) is 3.49. The molecule has 0 heterocycles. The van der Waals surface area contributed by atoms with E-state index in [1.54, 1.807) is 0 Å². The van der Waals surface area contributed by atoms with E-state index in [9.17, 15) is 9.18 Å². The molecule has 0 aromatic carbocycles. The lowest BCUT2D eigenvalue weighted by Gasteiger charge is -1.83. The SMILES string of the molecule is O=C(O)C(F)=C(Cl)Cl. The van der Waals surface area contributed by atoms with Crippen LogP contribution in [0.3, 0.4) is 0 Å². The molecule has 0 aromatic rings. The first-order chi connectivity index (χ1) is 3.55. The van der Waals surface area contributed by atoms with Crippen molar-refractivity contribution in [3.05, 3.63) is 10.3 Å². The van der Waals surface area contributed by atoms with Gasteiger partial charge < -0.3 is 5.11 Å². The number of carboxylic acids is 1. The molecule has 8 heavy (non-hydrogen) atoms. The summed E-state index contributed by atoms with van der Waals surface area (Å²) in [4.78, 5) is 9.54. The molecule has 0 radical (unpaired) electrons. The Morgan fingerprint density at radius 1 is 1.50 bits per heavy atom. The van der Waals surface area contributed by atoms with E-state index < -0.39 is 16.3 Å². The fourth-order valence-corrected chi connectivity index (χ4v) is 0.243. The quantitative estimate of drug-likeness (QED) is 0.591. The van der Waals surface area contributed by atoms with Crippen LogP contribution in [0.25, 0.3) is 0 Å². The molecule has 0 fully saturated rings. The first kappa shape index (κ1) is 7.72. The molecule has 0 spiro atoms. The number of rotatable bonds is 1. The van der Waals surface area contributed by atoms with Gasteiger partial charge in [-0.2, -0.15) is 4.39 Å². The monoisotopic (exact) mass is 158 g/mol. The average molecular weight is 159 g/mol. The van der Waals surface area contributed by atoms with Crippen molar-refractivity contribution in [1.29, 1.82) is 0 Å². The van der Waals surface area contributed by atoms with Crippen molar-refractivity contribution in [2.24, 2.45) is 0 Å². The Morgan fingerprint density at radius 3 is 1.88 bits per heavy atom. The van der Waals surface area contributed by atoms with Crippen molar-refractivity contribution >= 4 is 29.2 Å². The highest BCUT2D eigenvalue weighted by Gasteiger charge is 2.08. The van der Waals surface area contributed by atoms with Crippen molar-refractivity contribution in [3.63, 3.8) is 0 Å². The molecule has 0 rings (SSSR count). The normalized spacial score (nSPS) is 8.38. The molecule has 0 aliphatic heterocycles. The molecule has 0 aliphatic rings. The second-order valence-corrected chi connectivity index (χ2v) is 1.83. The maximum atomic E-state index is 11.7. The highest BCUT2D eigenvalue weighted by Crippen LogP contribution is 2.14. The highest BCUT2D eigenvalue weighted by molar-refractivity contribution is 6.57. The van der Waals surface area contributed by atoms with Crippen molar-refractivity contribution in [2.75, 3.05) is 0 Å². The van der Waals surface area contributed by atoms with Crippen LogP contribution in [0.5, 0.6) is 0 Å². The van der Waals surface area contributed by atoms with Gasteiger partial charge in [-0.3, -0.25) is 0 Å². The van der Waals surface area contributed by atoms with Gasteiger partial charge in [0, 0.05) is 0 Å². The third-order valence-electron chi connectivity index (χ3n) is 0.354. The first-order valence-electron chi connectivity index (χ1n) is 1.49. The van der Waals surface area contributed by atoms with Crippen LogP contribution in [0, 0.1) is 0 Å². The summed E-state index contributed by atoms with van der Waals surface area (Å²) in [5, 5.41) is 7.75. The summed E-state index contributed by atoms with van der Waals surface area (Å²) in [6, 6.07) is 0. The van der Waals surface area contributed by atoms with E-state index in [0.29, 0.717) is 0 Å². The molecule has 0 atom stereocenters. The molecule has 0 unspecified atom stereocenters. The number of halogens is 3. The summed E-state index contributed by atoms with van der Waals surface area (Å²) in [6.07, 6.45) is 0. The van der Waals surface area contributed by atoms with E-state index in [-0.39, 0.29) is 0 Å². The minimum absolute atomic E-state index is 0.863. The lowest BCUT2D eigenvalue weighted by Crippen LogP contribution is -1.94. The van der Waals surface area contributed by atoms with Gasteiger partial charge in [0.2, 0.25) is 5.83 Å². The minimum Gasteiger partial charge on any atom is -0.476 e. The van der Waals surface area contributed by atoms with Crippen molar-refractivity contribution in [2.45, 2.75) is 0 Å². The fourth-order valence-electron chi connectivity index (χ4n) is 0.0808. The molecule has 0 saturated heterocycles. The minimum atomic E-state index is -1.76. The molecule has 5 heteroatoms. The maximum Gasteiger partial charge on any atom is 0.367 e. The van der Waals surface area contributed by atoms with Gasteiger partial charge >= 0.3 is 5.97 Å². The molecular formula is C3HCl2FO2. The Labute approximate surface area is 54.5 Å². The van der Waals surface area contributed by atoms with E-state index in [2.05, 4.69) is 0 Å². The van der Waals surface area contributed by atoms with Crippen molar-refractivity contribution in [1.82, 2.24) is 0 Å². The lowest BCUT2D eigenvalue weighted by atomic mass is 10.6. The van der Waals surface area contributed by atoms with Gasteiger partial charge in [-0.15, -0.1) is 0 Å². The van der Waals surface area contributed by atoms with Crippen molar-refractivity contribution in [3.8, 4) is 0 Å². The van der Waals surface area contributed by atoms with Crippen LogP contribution in [-0.4, -0.2) is 11.1 Å². The number of carbonyl (C=O) groups is 1. The van der Waals surface area contributed by atoms with Crippen LogP contribution >= 0.6 is 23.2 Å². The lowest BCUT2D eigenvalue weighted by molar-refractivity contribution is -0.134. The Bertz CT molecular complexity index is 138. The maximum absolute atomic E-state index is 11.7. The van der Waals surface area contributed by atoms with Crippen LogP contribution in [0.1, 0.15) is 0 Å². The summed E-state index contributed by atoms with van der Waals surface area (Å²) in [5.74, 6) is -3.29. The number of aliphatic carboxylic acids is 1. The first-order valence-corrected chi connectivity index (χ1v) is 2.25. The van der Waals surface area contributed by atoms with Gasteiger partial charge in [0.05, 0.1) is 0 Å². The zero-order chi connectivity index (χ0) is 6.73. The van der Waals surface area contributed by atoms with Crippen LogP contribution in [-0.2, 0) is 4.79 Å². The fraction of sp³-hybridized carbons (Fsp3) is 0. The van der Waals surface area contributed by atoms with Crippen LogP contribution < -0.4 is 0 Å². The Hall–Kier alpha value is -0.280.